The number of hydrogen-bond acceptors (Lipinski definition) is 3. The van der Waals surface area contributed by atoms with Crippen molar-refractivity contribution < 1.29 is 4.79 Å². The van der Waals surface area contributed by atoms with E-state index in [0.29, 0.717) is 23.7 Å². The van der Waals surface area contributed by atoms with Gasteiger partial charge in [0.1, 0.15) is 0 Å². The lowest BCUT2D eigenvalue weighted by Crippen LogP contribution is -2.47. The fourth-order valence-electron chi connectivity index (χ4n) is 3.13. The summed E-state index contributed by atoms with van der Waals surface area (Å²) in [7, 11) is 0. The molecular formula is C15H28N2OS. The van der Waals surface area contributed by atoms with Crippen LogP contribution in [-0.2, 0) is 4.79 Å². The van der Waals surface area contributed by atoms with Crippen molar-refractivity contribution in [2.75, 3.05) is 24.6 Å². The Morgan fingerprint density at radius 2 is 1.95 bits per heavy atom. The van der Waals surface area contributed by atoms with Crippen molar-refractivity contribution >= 4 is 17.7 Å². The molecule has 1 aliphatic carbocycles. The van der Waals surface area contributed by atoms with Crippen molar-refractivity contribution in [3.05, 3.63) is 0 Å². The molecule has 3 nitrogen and oxygen atoms in total. The Kier molecular flexibility index (Phi) is 6.02. The third-order valence-electron chi connectivity index (χ3n) is 4.26. The lowest BCUT2D eigenvalue weighted by molar-refractivity contribution is -0.133. The Balaban J connectivity index is 1.77. The first-order chi connectivity index (χ1) is 9.18. The topological polar surface area (TPSA) is 32.3 Å². The molecule has 1 saturated heterocycles. The van der Waals surface area contributed by atoms with Gasteiger partial charge in [-0.25, -0.2) is 0 Å². The second-order valence-corrected chi connectivity index (χ2v) is 7.26. The van der Waals surface area contributed by atoms with Crippen LogP contribution in [0.4, 0.5) is 0 Å². The Hall–Kier alpha value is -0.220. The number of carbonyl (C=O) groups is 1. The number of carbonyl (C=O) groups excluding carboxylic acids is 1. The second-order valence-electron chi connectivity index (χ2n) is 6.23. The van der Waals surface area contributed by atoms with Crippen molar-refractivity contribution in [3.8, 4) is 0 Å². The van der Waals surface area contributed by atoms with E-state index < -0.39 is 0 Å². The van der Waals surface area contributed by atoms with Gasteiger partial charge in [0.05, 0.1) is 5.75 Å². The van der Waals surface area contributed by atoms with Crippen LogP contribution in [-0.4, -0.2) is 47.5 Å². The molecule has 0 aromatic heterocycles. The number of hydrogen-bond donors (Lipinski definition) is 1. The molecule has 110 valence electrons. The number of nitrogens with one attached hydrogen (secondary N) is 1. The summed E-state index contributed by atoms with van der Waals surface area (Å²) in [5.74, 6) is 2.96. The van der Waals surface area contributed by atoms with Crippen molar-refractivity contribution in [1.82, 2.24) is 10.2 Å². The van der Waals surface area contributed by atoms with Crippen molar-refractivity contribution in [2.24, 2.45) is 5.92 Å². The maximum Gasteiger partial charge on any atom is 0.233 e. The summed E-state index contributed by atoms with van der Waals surface area (Å²) in [5, 5.41) is 3.28. The molecule has 1 aliphatic heterocycles. The predicted octanol–water partition coefficient (Wildman–Crippen LogP) is 2.51. The van der Waals surface area contributed by atoms with Gasteiger partial charge in [-0.3, -0.25) is 4.79 Å². The molecule has 0 aromatic rings. The number of rotatable bonds is 6. The Morgan fingerprint density at radius 1 is 1.26 bits per heavy atom. The maximum absolute atomic E-state index is 12.5. The molecule has 1 saturated carbocycles. The Morgan fingerprint density at radius 3 is 2.47 bits per heavy atom. The van der Waals surface area contributed by atoms with E-state index in [4.69, 9.17) is 0 Å². The molecule has 0 spiro atoms. The largest absolute Gasteiger partial charge is 0.337 e. The molecule has 19 heavy (non-hydrogen) atoms. The highest BCUT2D eigenvalue weighted by Crippen LogP contribution is 2.25. The molecule has 0 radical (unpaired) electrons. The SMILES string of the molecule is CC(C)N(C(=O)CSCC1CNC1)C1CCCCC1. The molecule has 0 atom stereocenters. The van der Waals surface area contributed by atoms with E-state index in [1.807, 2.05) is 11.8 Å². The maximum atomic E-state index is 12.5. The highest BCUT2D eigenvalue weighted by atomic mass is 32.2. The standard InChI is InChI=1S/C15H28N2OS/c1-12(2)17(14-6-4-3-5-7-14)15(18)11-19-10-13-8-16-9-13/h12-14,16H,3-11H2,1-2H3. The molecule has 2 fully saturated rings. The van der Waals surface area contributed by atoms with E-state index in [-0.39, 0.29) is 0 Å². The predicted molar refractivity (Wildman–Crippen MR) is 82.5 cm³/mol. The molecular weight excluding hydrogens is 256 g/mol. The normalized spacial score (nSPS) is 21.4. The second kappa shape index (κ2) is 7.53. The highest BCUT2D eigenvalue weighted by molar-refractivity contribution is 7.99. The van der Waals surface area contributed by atoms with E-state index in [9.17, 15) is 4.79 Å². The summed E-state index contributed by atoms with van der Waals surface area (Å²) < 4.78 is 0. The fraction of sp³-hybridized carbons (Fsp3) is 0.933. The summed E-state index contributed by atoms with van der Waals surface area (Å²) in [6, 6.07) is 0.855. The van der Waals surface area contributed by atoms with Crippen LogP contribution in [0.25, 0.3) is 0 Å². The summed E-state index contributed by atoms with van der Waals surface area (Å²) in [4.78, 5) is 14.6. The smallest absolute Gasteiger partial charge is 0.233 e. The van der Waals surface area contributed by atoms with Gasteiger partial charge in [0.15, 0.2) is 0 Å². The molecule has 1 amide bonds. The van der Waals surface area contributed by atoms with Gasteiger partial charge in [0.2, 0.25) is 5.91 Å². The summed E-state index contributed by atoms with van der Waals surface area (Å²) in [6.45, 7) is 6.59. The molecule has 2 aliphatic rings. The first kappa shape index (κ1) is 15.2. The first-order valence-corrected chi connectivity index (χ1v) is 8.93. The number of nitrogens with zero attached hydrogens (tertiary/aromatic N) is 1. The minimum atomic E-state index is 0.349. The van der Waals surface area contributed by atoms with Gasteiger partial charge in [0.25, 0.3) is 0 Å². The monoisotopic (exact) mass is 284 g/mol. The molecule has 2 rings (SSSR count). The van der Waals surface area contributed by atoms with Crippen LogP contribution in [0.5, 0.6) is 0 Å². The van der Waals surface area contributed by atoms with Gasteiger partial charge in [-0.15, -0.1) is 0 Å². The molecule has 1 heterocycles. The molecule has 0 aromatic carbocycles. The Labute approximate surface area is 121 Å². The van der Waals surface area contributed by atoms with Gasteiger partial charge >= 0.3 is 0 Å². The number of amides is 1. The summed E-state index contributed by atoms with van der Waals surface area (Å²) in [5.41, 5.74) is 0. The van der Waals surface area contributed by atoms with Gasteiger partial charge < -0.3 is 10.2 Å². The van der Waals surface area contributed by atoms with Crippen LogP contribution in [0.1, 0.15) is 46.0 Å². The molecule has 0 unspecified atom stereocenters. The van der Waals surface area contributed by atoms with Gasteiger partial charge in [-0.1, -0.05) is 19.3 Å². The fourth-order valence-corrected chi connectivity index (χ4v) is 4.14. The van der Waals surface area contributed by atoms with E-state index in [1.165, 1.54) is 32.1 Å². The van der Waals surface area contributed by atoms with Crippen LogP contribution in [0.2, 0.25) is 0 Å². The van der Waals surface area contributed by atoms with Crippen LogP contribution in [0.3, 0.4) is 0 Å². The van der Waals surface area contributed by atoms with Crippen LogP contribution in [0, 0.1) is 5.92 Å². The van der Waals surface area contributed by atoms with Gasteiger partial charge in [-0.05, 0) is 51.4 Å². The van der Waals surface area contributed by atoms with Crippen LogP contribution >= 0.6 is 11.8 Å². The van der Waals surface area contributed by atoms with Crippen LogP contribution in [0.15, 0.2) is 0 Å². The van der Waals surface area contributed by atoms with E-state index in [1.54, 1.807) is 0 Å². The lowest BCUT2D eigenvalue weighted by Gasteiger charge is -2.37. The summed E-state index contributed by atoms with van der Waals surface area (Å²) in [6.07, 6.45) is 6.35. The third-order valence-corrected chi connectivity index (χ3v) is 5.42. The van der Waals surface area contributed by atoms with Gasteiger partial charge in [0, 0.05) is 12.1 Å². The third kappa shape index (κ3) is 4.38. The van der Waals surface area contributed by atoms with Gasteiger partial charge in [-0.2, -0.15) is 11.8 Å². The van der Waals surface area contributed by atoms with Crippen molar-refractivity contribution in [1.29, 1.82) is 0 Å². The highest BCUT2D eigenvalue weighted by Gasteiger charge is 2.27. The average molecular weight is 284 g/mol. The molecule has 4 heteroatoms. The minimum Gasteiger partial charge on any atom is -0.337 e. The van der Waals surface area contributed by atoms with E-state index >= 15 is 0 Å². The quantitative estimate of drug-likeness (QED) is 0.813. The molecule has 1 N–H and O–H groups in total. The zero-order valence-electron chi connectivity index (χ0n) is 12.4. The van der Waals surface area contributed by atoms with E-state index in [0.717, 1.165) is 24.8 Å². The van der Waals surface area contributed by atoms with Crippen molar-refractivity contribution in [2.45, 2.75) is 58.0 Å². The minimum absolute atomic E-state index is 0.349. The van der Waals surface area contributed by atoms with E-state index in [2.05, 4.69) is 24.1 Å². The lowest BCUT2D eigenvalue weighted by atomic mass is 9.93. The first-order valence-electron chi connectivity index (χ1n) is 7.78. The van der Waals surface area contributed by atoms with Crippen molar-refractivity contribution in [3.63, 3.8) is 0 Å². The van der Waals surface area contributed by atoms with Crippen LogP contribution < -0.4 is 5.32 Å². The Bertz CT molecular complexity index is 286. The molecule has 0 bridgehead atoms. The average Bonchev–Trinajstić information content (AvgIpc) is 2.33. The zero-order valence-corrected chi connectivity index (χ0v) is 13.2. The number of thioether (sulfide) groups is 1. The zero-order chi connectivity index (χ0) is 13.7. The summed E-state index contributed by atoms with van der Waals surface area (Å²) >= 11 is 1.82.